The molecule has 0 fully saturated rings. The lowest BCUT2D eigenvalue weighted by Crippen LogP contribution is -2.22. The number of aryl methyl sites for hydroxylation is 1. The molecule has 0 radical (unpaired) electrons. The van der Waals surface area contributed by atoms with E-state index < -0.39 is 0 Å². The van der Waals surface area contributed by atoms with E-state index in [0.29, 0.717) is 25.9 Å². The fourth-order valence-electron chi connectivity index (χ4n) is 3.11. The van der Waals surface area contributed by atoms with E-state index in [9.17, 15) is 14.0 Å². The Morgan fingerprint density at radius 2 is 1.71 bits per heavy atom. The number of methoxy groups -OCH3 is 1. The van der Waals surface area contributed by atoms with Crippen molar-refractivity contribution in [3.05, 3.63) is 71.0 Å². The minimum Gasteiger partial charge on any atom is -0.384 e. The normalized spacial score (nSPS) is 12.0. The van der Waals surface area contributed by atoms with E-state index in [1.54, 1.807) is 13.2 Å². The van der Waals surface area contributed by atoms with E-state index in [-0.39, 0.29) is 36.3 Å². The van der Waals surface area contributed by atoms with Gasteiger partial charge in [0.2, 0.25) is 0 Å². The summed E-state index contributed by atoms with van der Waals surface area (Å²) in [7, 11) is 1.54. The zero-order chi connectivity index (χ0) is 20.4. The van der Waals surface area contributed by atoms with Crippen molar-refractivity contribution in [3.63, 3.8) is 0 Å². The molecule has 0 amide bonds. The molecule has 1 N–H and O–H groups in total. The van der Waals surface area contributed by atoms with Crippen LogP contribution >= 0.6 is 0 Å². The van der Waals surface area contributed by atoms with Gasteiger partial charge in [-0.15, -0.1) is 0 Å². The number of carbonyl (C=O) groups is 2. The second-order valence-electron chi connectivity index (χ2n) is 7.07. The molecule has 4 nitrogen and oxygen atoms in total. The molecule has 0 aliphatic rings. The number of halogens is 1. The van der Waals surface area contributed by atoms with E-state index >= 15 is 0 Å². The van der Waals surface area contributed by atoms with Crippen LogP contribution in [0.3, 0.4) is 0 Å². The topological polar surface area (TPSA) is 55.4 Å². The maximum Gasteiger partial charge on any atom is 0.139 e. The third-order valence-electron chi connectivity index (χ3n) is 4.59. The summed E-state index contributed by atoms with van der Waals surface area (Å²) in [6.45, 7) is 3.07. The van der Waals surface area contributed by atoms with Crippen LogP contribution in [0.15, 0.2) is 48.5 Å². The fourth-order valence-corrected chi connectivity index (χ4v) is 3.11. The van der Waals surface area contributed by atoms with Crippen LogP contribution in [0, 0.1) is 11.7 Å². The Labute approximate surface area is 166 Å². The first kappa shape index (κ1) is 21.9. The average molecular weight is 385 g/mol. The van der Waals surface area contributed by atoms with Crippen molar-refractivity contribution in [2.24, 2.45) is 5.92 Å². The summed E-state index contributed by atoms with van der Waals surface area (Å²) in [6.07, 6.45) is 1.29. The number of hydrogen-bond acceptors (Lipinski definition) is 4. The van der Waals surface area contributed by atoms with Crippen LogP contribution in [0.1, 0.15) is 36.5 Å². The van der Waals surface area contributed by atoms with Crippen LogP contribution in [-0.4, -0.2) is 25.3 Å². The summed E-state index contributed by atoms with van der Waals surface area (Å²) in [5.74, 6) is -0.508. The molecule has 28 heavy (non-hydrogen) atoms. The van der Waals surface area contributed by atoms with E-state index in [1.807, 2.05) is 30.3 Å². The van der Waals surface area contributed by atoms with Crippen LogP contribution in [0.5, 0.6) is 0 Å². The standard InChI is InChI=1S/C23H28FNO3/c1-17(26)12-21(16-28-2)23(27)11-10-18-6-8-19(9-7-18)14-25-15-20-4-3-5-22(24)13-20/h3-9,13,21,25H,10-12,14-16H2,1-2H3/t21-/m1/s1. The van der Waals surface area contributed by atoms with Gasteiger partial charge in [-0.05, 0) is 42.2 Å². The Hall–Kier alpha value is -2.37. The van der Waals surface area contributed by atoms with Crippen molar-refractivity contribution < 1.29 is 18.7 Å². The number of hydrogen-bond donors (Lipinski definition) is 1. The lowest BCUT2D eigenvalue weighted by molar-refractivity contribution is -0.128. The second kappa shape index (κ2) is 11.5. The Morgan fingerprint density at radius 3 is 2.36 bits per heavy atom. The number of rotatable bonds is 12. The zero-order valence-corrected chi connectivity index (χ0v) is 16.5. The van der Waals surface area contributed by atoms with Crippen molar-refractivity contribution in [1.29, 1.82) is 0 Å². The number of Topliss-reactive ketones (excluding diaryl/α,β-unsaturated/α-hetero) is 2. The minimum absolute atomic E-state index is 0.00509. The summed E-state index contributed by atoms with van der Waals surface area (Å²) in [4.78, 5) is 23.6. The van der Waals surface area contributed by atoms with Crippen LogP contribution < -0.4 is 5.32 Å². The summed E-state index contributed by atoms with van der Waals surface area (Å²) >= 11 is 0. The van der Waals surface area contributed by atoms with Gasteiger partial charge in [0.25, 0.3) is 0 Å². The third kappa shape index (κ3) is 7.71. The van der Waals surface area contributed by atoms with E-state index in [1.165, 1.54) is 19.1 Å². The van der Waals surface area contributed by atoms with Crippen molar-refractivity contribution in [3.8, 4) is 0 Å². The predicted molar refractivity (Wildman–Crippen MR) is 107 cm³/mol. The molecule has 0 aliphatic heterocycles. The number of nitrogens with one attached hydrogen (secondary N) is 1. The molecule has 2 aromatic rings. The Balaban J connectivity index is 1.78. The molecule has 0 saturated heterocycles. The van der Waals surface area contributed by atoms with Gasteiger partial charge in [-0.2, -0.15) is 0 Å². The smallest absolute Gasteiger partial charge is 0.139 e. The van der Waals surface area contributed by atoms with Gasteiger partial charge in [-0.1, -0.05) is 36.4 Å². The van der Waals surface area contributed by atoms with Gasteiger partial charge >= 0.3 is 0 Å². The summed E-state index contributed by atoms with van der Waals surface area (Å²) in [5.41, 5.74) is 3.12. The van der Waals surface area contributed by atoms with Crippen LogP contribution in [0.4, 0.5) is 4.39 Å². The average Bonchev–Trinajstić information content (AvgIpc) is 2.66. The molecule has 0 spiro atoms. The number of carbonyl (C=O) groups excluding carboxylic acids is 2. The zero-order valence-electron chi connectivity index (χ0n) is 16.5. The first-order valence-electron chi connectivity index (χ1n) is 9.52. The van der Waals surface area contributed by atoms with Crippen molar-refractivity contribution >= 4 is 11.6 Å². The molecule has 2 aromatic carbocycles. The summed E-state index contributed by atoms with van der Waals surface area (Å²) in [5, 5.41) is 3.30. The van der Waals surface area contributed by atoms with E-state index in [4.69, 9.17) is 4.74 Å². The first-order chi connectivity index (χ1) is 13.5. The van der Waals surface area contributed by atoms with Gasteiger partial charge in [0.1, 0.15) is 17.4 Å². The maximum absolute atomic E-state index is 13.2. The molecule has 2 rings (SSSR count). The number of benzene rings is 2. The van der Waals surface area contributed by atoms with Gasteiger partial charge in [-0.3, -0.25) is 4.79 Å². The molecule has 0 aliphatic carbocycles. The lowest BCUT2D eigenvalue weighted by atomic mass is 9.94. The highest BCUT2D eigenvalue weighted by Gasteiger charge is 2.19. The number of ketones is 2. The van der Waals surface area contributed by atoms with E-state index in [0.717, 1.165) is 16.7 Å². The van der Waals surface area contributed by atoms with Crippen LogP contribution in [0.2, 0.25) is 0 Å². The Kier molecular flexibility index (Phi) is 8.98. The predicted octanol–water partition coefficient (Wildman–Crippen LogP) is 3.86. The highest BCUT2D eigenvalue weighted by Crippen LogP contribution is 2.13. The molecule has 0 bridgehead atoms. The molecular weight excluding hydrogens is 357 g/mol. The van der Waals surface area contributed by atoms with Crippen molar-refractivity contribution in [2.45, 2.75) is 39.3 Å². The van der Waals surface area contributed by atoms with E-state index in [2.05, 4.69) is 5.32 Å². The fraction of sp³-hybridized carbons (Fsp3) is 0.391. The van der Waals surface area contributed by atoms with Gasteiger partial charge in [0.05, 0.1) is 6.61 Å². The second-order valence-corrected chi connectivity index (χ2v) is 7.07. The van der Waals surface area contributed by atoms with Crippen molar-refractivity contribution in [2.75, 3.05) is 13.7 Å². The highest BCUT2D eigenvalue weighted by atomic mass is 19.1. The molecular formula is C23H28FNO3. The lowest BCUT2D eigenvalue weighted by Gasteiger charge is -2.13. The largest absolute Gasteiger partial charge is 0.384 e. The quantitative estimate of drug-likeness (QED) is 0.603. The Bertz CT molecular complexity index is 774. The minimum atomic E-state index is -0.353. The molecule has 0 heterocycles. The maximum atomic E-state index is 13.2. The molecule has 0 aromatic heterocycles. The van der Waals surface area contributed by atoms with Gasteiger partial charge in [0, 0.05) is 39.0 Å². The SMILES string of the molecule is COC[C@@H](CC(C)=O)C(=O)CCc1ccc(CNCc2cccc(F)c2)cc1. The van der Waals surface area contributed by atoms with Crippen LogP contribution in [0.25, 0.3) is 0 Å². The number of ether oxygens (including phenoxy) is 1. The molecule has 150 valence electrons. The molecule has 0 unspecified atom stereocenters. The van der Waals surface area contributed by atoms with Gasteiger partial charge in [-0.25, -0.2) is 4.39 Å². The monoisotopic (exact) mass is 385 g/mol. The third-order valence-corrected chi connectivity index (χ3v) is 4.59. The van der Waals surface area contributed by atoms with Gasteiger partial charge < -0.3 is 14.8 Å². The van der Waals surface area contributed by atoms with Crippen molar-refractivity contribution in [1.82, 2.24) is 5.32 Å². The highest BCUT2D eigenvalue weighted by molar-refractivity contribution is 5.87. The summed E-state index contributed by atoms with van der Waals surface area (Å²) in [6, 6.07) is 14.6. The molecule has 0 saturated carbocycles. The molecule has 5 heteroatoms. The Morgan fingerprint density at radius 1 is 1.04 bits per heavy atom. The molecule has 1 atom stereocenters. The van der Waals surface area contributed by atoms with Gasteiger partial charge in [0.15, 0.2) is 0 Å². The van der Waals surface area contributed by atoms with Crippen LogP contribution in [-0.2, 0) is 33.8 Å². The first-order valence-corrected chi connectivity index (χ1v) is 9.52. The summed E-state index contributed by atoms with van der Waals surface area (Å²) < 4.78 is 18.2.